The molecule has 2 saturated heterocycles. The van der Waals surface area contributed by atoms with E-state index in [0.717, 1.165) is 37.2 Å². The number of nitrogens with one attached hydrogen (secondary N) is 2. The number of aliphatic hydroxyl groups excluding tert-OH is 1. The van der Waals surface area contributed by atoms with Crippen LogP contribution in [-0.2, 0) is 4.74 Å². The first-order valence-electron chi connectivity index (χ1n) is 11.5. The predicted octanol–water partition coefficient (Wildman–Crippen LogP) is 3.24. The second-order valence-electron chi connectivity index (χ2n) is 8.42. The van der Waals surface area contributed by atoms with Gasteiger partial charge in [0.15, 0.2) is 12.0 Å². The summed E-state index contributed by atoms with van der Waals surface area (Å²) in [6.45, 7) is 4.18. The summed E-state index contributed by atoms with van der Waals surface area (Å²) >= 11 is 0. The maximum Gasteiger partial charge on any atom is 0.254 e. The number of aromatic amines is 1. The van der Waals surface area contributed by atoms with E-state index in [1.165, 1.54) is 6.42 Å². The van der Waals surface area contributed by atoms with Crippen molar-refractivity contribution in [3.05, 3.63) is 54.0 Å². The van der Waals surface area contributed by atoms with Gasteiger partial charge in [0.05, 0.1) is 36.3 Å². The van der Waals surface area contributed by atoms with E-state index < -0.39 is 6.23 Å². The lowest BCUT2D eigenvalue weighted by atomic mass is 10.1. The number of ether oxygens (including phenoxy) is 1. The number of morpholine rings is 1. The standard InChI is InChI=1S/C24H29N5O4/c30-23(22-7-6-21(33-22)18-15-25-26-16-18)27-19-14-17(24(31)29-10-12-32-13-11-29)4-5-20(19)28-8-2-1-3-9-28/h4-7,14-16,23,27,30H,1-3,8-13H2,(H,25,26). The van der Waals surface area contributed by atoms with E-state index in [9.17, 15) is 9.90 Å². The zero-order valence-corrected chi connectivity index (χ0v) is 18.5. The summed E-state index contributed by atoms with van der Waals surface area (Å²) in [4.78, 5) is 17.2. The maximum atomic E-state index is 13.1. The number of H-pyrrole nitrogens is 1. The van der Waals surface area contributed by atoms with Crippen LogP contribution in [0.5, 0.6) is 0 Å². The number of rotatable bonds is 6. The zero-order valence-electron chi connectivity index (χ0n) is 18.5. The number of benzene rings is 1. The van der Waals surface area contributed by atoms with Gasteiger partial charge in [-0.05, 0) is 49.6 Å². The van der Waals surface area contributed by atoms with Crippen LogP contribution in [0.25, 0.3) is 11.3 Å². The van der Waals surface area contributed by atoms with Gasteiger partial charge in [0.25, 0.3) is 5.91 Å². The number of aliphatic hydroxyl groups is 1. The molecule has 2 aromatic heterocycles. The summed E-state index contributed by atoms with van der Waals surface area (Å²) in [7, 11) is 0. The molecule has 1 unspecified atom stereocenters. The molecule has 2 aliphatic rings. The number of hydrogen-bond acceptors (Lipinski definition) is 7. The van der Waals surface area contributed by atoms with Gasteiger partial charge in [0, 0.05) is 37.9 Å². The van der Waals surface area contributed by atoms with Crippen molar-refractivity contribution in [2.24, 2.45) is 0 Å². The fourth-order valence-corrected chi connectivity index (χ4v) is 4.40. The Labute approximate surface area is 192 Å². The molecule has 3 aromatic rings. The van der Waals surface area contributed by atoms with Crippen molar-refractivity contribution in [3.63, 3.8) is 0 Å². The molecule has 2 fully saturated rings. The van der Waals surface area contributed by atoms with Gasteiger partial charge in [-0.15, -0.1) is 0 Å². The third-order valence-corrected chi connectivity index (χ3v) is 6.21. The summed E-state index contributed by atoms with van der Waals surface area (Å²) in [6.07, 6.45) is 5.81. The van der Waals surface area contributed by atoms with Gasteiger partial charge < -0.3 is 29.4 Å². The molecular weight excluding hydrogens is 422 g/mol. The molecule has 1 aromatic carbocycles. The van der Waals surface area contributed by atoms with Crippen LogP contribution in [0.15, 0.2) is 47.1 Å². The molecule has 0 bridgehead atoms. The Balaban J connectivity index is 1.41. The number of carbonyl (C=O) groups is 1. The molecule has 3 N–H and O–H groups in total. The highest BCUT2D eigenvalue weighted by molar-refractivity contribution is 5.96. The van der Waals surface area contributed by atoms with Crippen molar-refractivity contribution in [2.45, 2.75) is 25.5 Å². The quantitative estimate of drug-likeness (QED) is 0.494. The highest BCUT2D eigenvalue weighted by Crippen LogP contribution is 2.33. The lowest BCUT2D eigenvalue weighted by Gasteiger charge is -2.32. The predicted molar refractivity (Wildman–Crippen MR) is 124 cm³/mol. The highest BCUT2D eigenvalue weighted by atomic mass is 16.5. The number of carbonyl (C=O) groups excluding carboxylic acids is 1. The largest absolute Gasteiger partial charge is 0.456 e. The molecule has 0 aliphatic carbocycles. The van der Waals surface area contributed by atoms with Crippen LogP contribution in [0.3, 0.4) is 0 Å². The minimum atomic E-state index is -1.07. The van der Waals surface area contributed by atoms with Crippen LogP contribution in [0, 0.1) is 0 Å². The molecule has 2 aliphatic heterocycles. The van der Waals surface area contributed by atoms with Gasteiger partial charge in [0.2, 0.25) is 0 Å². The number of amides is 1. The molecule has 174 valence electrons. The summed E-state index contributed by atoms with van der Waals surface area (Å²) in [5.41, 5.74) is 3.09. The van der Waals surface area contributed by atoms with Crippen molar-refractivity contribution in [3.8, 4) is 11.3 Å². The fraction of sp³-hybridized carbons (Fsp3) is 0.417. The molecule has 9 nitrogen and oxygen atoms in total. The molecular formula is C24H29N5O4. The summed E-state index contributed by atoms with van der Waals surface area (Å²) < 4.78 is 11.2. The van der Waals surface area contributed by atoms with Crippen LogP contribution in [0.4, 0.5) is 11.4 Å². The van der Waals surface area contributed by atoms with E-state index in [1.807, 2.05) is 23.1 Å². The zero-order chi connectivity index (χ0) is 22.6. The second-order valence-corrected chi connectivity index (χ2v) is 8.42. The second kappa shape index (κ2) is 9.68. The van der Waals surface area contributed by atoms with Crippen molar-refractivity contribution in [2.75, 3.05) is 49.6 Å². The first-order chi connectivity index (χ1) is 16.2. The average molecular weight is 452 g/mol. The first kappa shape index (κ1) is 21.5. The van der Waals surface area contributed by atoms with Gasteiger partial charge in [-0.3, -0.25) is 9.89 Å². The van der Waals surface area contributed by atoms with Crippen molar-refractivity contribution in [1.82, 2.24) is 15.1 Å². The normalized spacial score (nSPS) is 17.7. The number of nitrogens with zero attached hydrogens (tertiary/aromatic N) is 3. The highest BCUT2D eigenvalue weighted by Gasteiger charge is 2.23. The first-order valence-corrected chi connectivity index (χ1v) is 11.5. The summed E-state index contributed by atoms with van der Waals surface area (Å²) in [5.74, 6) is 0.981. The Bertz CT molecular complexity index is 1070. The monoisotopic (exact) mass is 451 g/mol. The van der Waals surface area contributed by atoms with E-state index in [2.05, 4.69) is 20.4 Å². The number of furan rings is 1. The van der Waals surface area contributed by atoms with Crippen LogP contribution in [0.1, 0.15) is 41.6 Å². The Kier molecular flexibility index (Phi) is 6.32. The third-order valence-electron chi connectivity index (χ3n) is 6.21. The smallest absolute Gasteiger partial charge is 0.254 e. The van der Waals surface area contributed by atoms with Crippen molar-refractivity contribution >= 4 is 17.3 Å². The summed E-state index contributed by atoms with van der Waals surface area (Å²) in [6, 6.07) is 9.24. The molecule has 0 radical (unpaired) electrons. The van der Waals surface area contributed by atoms with E-state index in [0.29, 0.717) is 49.1 Å². The number of aromatic nitrogens is 2. The molecule has 1 amide bonds. The molecule has 33 heavy (non-hydrogen) atoms. The molecule has 0 spiro atoms. The minimum absolute atomic E-state index is 0.0266. The van der Waals surface area contributed by atoms with Gasteiger partial charge in [-0.25, -0.2) is 0 Å². The summed E-state index contributed by atoms with van der Waals surface area (Å²) in [5, 5.41) is 20.8. The van der Waals surface area contributed by atoms with E-state index >= 15 is 0 Å². The van der Waals surface area contributed by atoms with E-state index in [-0.39, 0.29) is 5.91 Å². The van der Waals surface area contributed by atoms with Gasteiger partial charge >= 0.3 is 0 Å². The van der Waals surface area contributed by atoms with Crippen molar-refractivity contribution < 1.29 is 19.1 Å². The Morgan fingerprint density at radius 3 is 2.67 bits per heavy atom. The van der Waals surface area contributed by atoms with Gasteiger partial charge in [0.1, 0.15) is 5.76 Å². The Hall–Kier alpha value is -3.30. The van der Waals surface area contributed by atoms with Crippen LogP contribution in [-0.4, -0.2) is 65.5 Å². The minimum Gasteiger partial charge on any atom is -0.456 e. The third kappa shape index (κ3) is 4.74. The maximum absolute atomic E-state index is 13.1. The molecule has 4 heterocycles. The molecule has 9 heteroatoms. The van der Waals surface area contributed by atoms with Gasteiger partial charge in [-0.1, -0.05) is 0 Å². The molecule has 0 saturated carbocycles. The average Bonchev–Trinajstić information content (AvgIpc) is 3.57. The number of hydrogen-bond donors (Lipinski definition) is 3. The number of piperidine rings is 1. The van der Waals surface area contributed by atoms with Crippen LogP contribution < -0.4 is 10.2 Å². The topological polar surface area (TPSA) is 107 Å². The fourth-order valence-electron chi connectivity index (χ4n) is 4.40. The lowest BCUT2D eigenvalue weighted by Crippen LogP contribution is -2.40. The van der Waals surface area contributed by atoms with Crippen molar-refractivity contribution in [1.29, 1.82) is 0 Å². The Morgan fingerprint density at radius 2 is 1.91 bits per heavy atom. The molecule has 5 rings (SSSR count). The van der Waals surface area contributed by atoms with Gasteiger partial charge in [-0.2, -0.15) is 5.10 Å². The van der Waals surface area contributed by atoms with E-state index in [1.54, 1.807) is 24.5 Å². The number of anilines is 2. The Morgan fingerprint density at radius 1 is 1.09 bits per heavy atom. The van der Waals surface area contributed by atoms with Crippen LogP contribution >= 0.6 is 0 Å². The van der Waals surface area contributed by atoms with E-state index in [4.69, 9.17) is 9.15 Å². The SMILES string of the molecule is O=C(c1ccc(N2CCCCC2)c(NC(O)c2ccc(-c3cn[nH]c3)o2)c1)N1CCOCC1. The van der Waals surface area contributed by atoms with Crippen LogP contribution in [0.2, 0.25) is 0 Å². The molecule has 1 atom stereocenters. The lowest BCUT2D eigenvalue weighted by molar-refractivity contribution is 0.0303.